The Hall–Kier alpha value is -2.22. The summed E-state index contributed by atoms with van der Waals surface area (Å²) in [5, 5.41) is 7.08. The van der Waals surface area contributed by atoms with Crippen LogP contribution in [0.25, 0.3) is 5.70 Å². The van der Waals surface area contributed by atoms with Crippen molar-refractivity contribution in [3.63, 3.8) is 0 Å². The zero-order valence-corrected chi connectivity index (χ0v) is 16.2. The molecule has 134 valence electrons. The molecule has 0 unspecified atom stereocenters. The van der Waals surface area contributed by atoms with Gasteiger partial charge in [0.1, 0.15) is 0 Å². The minimum absolute atomic E-state index is 0.489. The van der Waals surface area contributed by atoms with Crippen molar-refractivity contribution in [3.05, 3.63) is 71.5 Å². The Morgan fingerprint density at radius 1 is 1.12 bits per heavy atom. The molecule has 0 saturated carbocycles. The summed E-state index contributed by atoms with van der Waals surface area (Å²) in [5.74, 6) is 0. The predicted octanol–water partition coefficient (Wildman–Crippen LogP) is 6.34. The molecular formula is C23H32N2. The van der Waals surface area contributed by atoms with E-state index in [1.165, 1.54) is 29.6 Å². The molecule has 0 saturated heterocycles. The van der Waals surface area contributed by atoms with Gasteiger partial charge in [0.15, 0.2) is 0 Å². The molecule has 0 radical (unpaired) electrons. The van der Waals surface area contributed by atoms with Crippen molar-refractivity contribution in [3.8, 4) is 0 Å². The first kappa shape index (κ1) is 19.1. The summed E-state index contributed by atoms with van der Waals surface area (Å²) in [6, 6.07) is 6.94. The molecule has 0 amide bonds. The normalized spacial score (nSPS) is 14.6. The zero-order valence-electron chi connectivity index (χ0n) is 16.2. The van der Waals surface area contributed by atoms with Crippen LogP contribution in [0.15, 0.2) is 60.4 Å². The van der Waals surface area contributed by atoms with E-state index < -0.39 is 0 Å². The molecule has 2 rings (SSSR count). The maximum absolute atomic E-state index is 4.25. The molecule has 0 heterocycles. The molecule has 1 aromatic rings. The molecular weight excluding hydrogens is 304 g/mol. The maximum Gasteiger partial charge on any atom is 0.0420 e. The third kappa shape index (κ3) is 5.12. The van der Waals surface area contributed by atoms with Gasteiger partial charge in [-0.1, -0.05) is 63.3 Å². The second-order valence-corrected chi connectivity index (χ2v) is 7.03. The summed E-state index contributed by atoms with van der Waals surface area (Å²) in [5.41, 5.74) is 8.04. The van der Waals surface area contributed by atoms with Crippen molar-refractivity contribution in [1.29, 1.82) is 0 Å². The summed E-state index contributed by atoms with van der Waals surface area (Å²) < 4.78 is 0. The van der Waals surface area contributed by atoms with E-state index in [1.54, 1.807) is 0 Å². The molecule has 2 nitrogen and oxygen atoms in total. The van der Waals surface area contributed by atoms with Gasteiger partial charge in [0.2, 0.25) is 0 Å². The topological polar surface area (TPSA) is 24.1 Å². The van der Waals surface area contributed by atoms with Crippen LogP contribution in [0.3, 0.4) is 0 Å². The van der Waals surface area contributed by atoms with Crippen LogP contribution >= 0.6 is 0 Å². The van der Waals surface area contributed by atoms with E-state index in [9.17, 15) is 0 Å². The summed E-state index contributed by atoms with van der Waals surface area (Å²) in [6.45, 7) is 17.2. The van der Waals surface area contributed by atoms with Crippen LogP contribution < -0.4 is 10.6 Å². The smallest absolute Gasteiger partial charge is 0.0420 e. The van der Waals surface area contributed by atoms with Crippen molar-refractivity contribution in [1.82, 2.24) is 5.32 Å². The van der Waals surface area contributed by atoms with Crippen molar-refractivity contribution >= 4 is 11.4 Å². The van der Waals surface area contributed by atoms with Crippen LogP contribution in [0.1, 0.15) is 57.6 Å². The average molecular weight is 337 g/mol. The molecule has 2 N–H and O–H groups in total. The van der Waals surface area contributed by atoms with Crippen molar-refractivity contribution in [2.75, 3.05) is 5.32 Å². The van der Waals surface area contributed by atoms with E-state index in [0.717, 1.165) is 35.5 Å². The second kappa shape index (κ2) is 8.75. The lowest BCUT2D eigenvalue weighted by Crippen LogP contribution is -2.26. The van der Waals surface area contributed by atoms with Gasteiger partial charge in [-0.3, -0.25) is 0 Å². The van der Waals surface area contributed by atoms with Crippen LogP contribution in [0.2, 0.25) is 0 Å². The Kier molecular flexibility index (Phi) is 6.69. The summed E-state index contributed by atoms with van der Waals surface area (Å²) in [6.07, 6.45) is 8.76. The van der Waals surface area contributed by atoms with Gasteiger partial charge in [0.05, 0.1) is 0 Å². The minimum atomic E-state index is 0.489. The van der Waals surface area contributed by atoms with Gasteiger partial charge in [-0.15, -0.1) is 0 Å². The highest BCUT2D eigenvalue weighted by molar-refractivity contribution is 5.69. The van der Waals surface area contributed by atoms with Crippen molar-refractivity contribution in [2.24, 2.45) is 0 Å². The molecule has 0 bridgehead atoms. The predicted molar refractivity (Wildman–Crippen MR) is 112 cm³/mol. The highest BCUT2D eigenvalue weighted by atomic mass is 14.9. The molecule has 0 aromatic heterocycles. The van der Waals surface area contributed by atoms with E-state index in [2.05, 4.69) is 81.8 Å². The zero-order chi connectivity index (χ0) is 18.4. The number of hydrogen-bond donors (Lipinski definition) is 2. The van der Waals surface area contributed by atoms with Crippen LogP contribution in [0, 0.1) is 6.92 Å². The molecule has 1 atom stereocenters. The fourth-order valence-corrected chi connectivity index (χ4v) is 3.11. The Bertz CT molecular complexity index is 707. The lowest BCUT2D eigenvalue weighted by molar-refractivity contribution is 0.529. The van der Waals surface area contributed by atoms with Crippen LogP contribution in [-0.4, -0.2) is 6.04 Å². The highest BCUT2D eigenvalue weighted by Crippen LogP contribution is 2.28. The van der Waals surface area contributed by atoms with Gasteiger partial charge in [-0.05, 0) is 55.9 Å². The van der Waals surface area contributed by atoms with Crippen LogP contribution in [0.5, 0.6) is 0 Å². The molecule has 0 fully saturated rings. The Morgan fingerprint density at radius 2 is 1.88 bits per heavy atom. The van der Waals surface area contributed by atoms with Crippen LogP contribution in [0.4, 0.5) is 5.69 Å². The van der Waals surface area contributed by atoms with Gasteiger partial charge < -0.3 is 10.6 Å². The third-order valence-corrected chi connectivity index (χ3v) is 4.81. The lowest BCUT2D eigenvalue weighted by atomic mass is 10.0. The van der Waals surface area contributed by atoms with Gasteiger partial charge >= 0.3 is 0 Å². The Balaban J connectivity index is 2.09. The SMILES string of the molecule is C=C(Nc1cc(C(=C)N[C@@H](CC)CCC)ccc1C)C1=CC=C(C)C1. The van der Waals surface area contributed by atoms with E-state index in [-0.39, 0.29) is 0 Å². The fraction of sp³-hybridized carbons (Fsp3) is 0.391. The molecule has 1 aliphatic rings. The third-order valence-electron chi connectivity index (χ3n) is 4.81. The lowest BCUT2D eigenvalue weighted by Gasteiger charge is -2.21. The largest absolute Gasteiger partial charge is 0.382 e. The fourth-order valence-electron chi connectivity index (χ4n) is 3.11. The second-order valence-electron chi connectivity index (χ2n) is 7.03. The number of anilines is 1. The first-order valence-electron chi connectivity index (χ1n) is 9.33. The maximum atomic E-state index is 4.25. The molecule has 1 aliphatic carbocycles. The highest BCUT2D eigenvalue weighted by Gasteiger charge is 2.11. The van der Waals surface area contributed by atoms with Crippen LogP contribution in [-0.2, 0) is 0 Å². The van der Waals surface area contributed by atoms with Gasteiger partial charge in [-0.25, -0.2) is 0 Å². The molecule has 0 aliphatic heterocycles. The van der Waals surface area contributed by atoms with E-state index in [0.29, 0.717) is 6.04 Å². The summed E-state index contributed by atoms with van der Waals surface area (Å²) in [4.78, 5) is 0. The van der Waals surface area contributed by atoms with Crippen molar-refractivity contribution in [2.45, 2.75) is 59.4 Å². The van der Waals surface area contributed by atoms with E-state index >= 15 is 0 Å². The van der Waals surface area contributed by atoms with Gasteiger partial charge in [0, 0.05) is 23.1 Å². The summed E-state index contributed by atoms with van der Waals surface area (Å²) in [7, 11) is 0. The molecule has 0 spiro atoms. The minimum Gasteiger partial charge on any atom is -0.382 e. The number of aryl methyl sites for hydroxylation is 1. The van der Waals surface area contributed by atoms with Gasteiger partial charge in [0.25, 0.3) is 0 Å². The van der Waals surface area contributed by atoms with E-state index in [1.807, 2.05) is 0 Å². The Morgan fingerprint density at radius 3 is 2.48 bits per heavy atom. The molecule has 1 aromatic carbocycles. The standard InChI is InChI=1S/C23H32N2/c1-7-9-22(8-2)24-18(5)21-13-11-17(4)23(15-21)25-19(6)20-12-10-16(3)14-20/h10-13,15,22,24-25H,5-9,14H2,1-4H3/t22-/m0/s1. The summed E-state index contributed by atoms with van der Waals surface area (Å²) >= 11 is 0. The Labute approximate surface area is 153 Å². The average Bonchev–Trinajstić information content (AvgIpc) is 3.02. The van der Waals surface area contributed by atoms with Gasteiger partial charge in [-0.2, -0.15) is 0 Å². The number of allylic oxidation sites excluding steroid dienone is 4. The number of hydrogen-bond acceptors (Lipinski definition) is 2. The molecule has 25 heavy (non-hydrogen) atoms. The number of nitrogens with one attached hydrogen (secondary N) is 2. The van der Waals surface area contributed by atoms with E-state index in [4.69, 9.17) is 0 Å². The van der Waals surface area contributed by atoms with Crippen molar-refractivity contribution < 1.29 is 0 Å². The monoisotopic (exact) mass is 336 g/mol. The quantitative estimate of drug-likeness (QED) is 0.550. The first-order chi connectivity index (χ1) is 11.9. The number of rotatable bonds is 9. The first-order valence-corrected chi connectivity index (χ1v) is 9.33. The number of benzene rings is 1. The molecule has 2 heteroatoms.